The predicted molar refractivity (Wildman–Crippen MR) is 91.6 cm³/mol. The molecule has 2 aromatic rings. The Morgan fingerprint density at radius 1 is 0.667 bits per heavy atom. The zero-order valence-electron chi connectivity index (χ0n) is 13.3. The minimum absolute atomic E-state index is 0.500. The van der Waals surface area contributed by atoms with Crippen molar-refractivity contribution in [2.45, 2.75) is 51.6 Å². The Morgan fingerprint density at radius 2 is 1.10 bits per heavy atom. The van der Waals surface area contributed by atoms with E-state index < -0.39 is 0 Å². The Morgan fingerprint density at radius 3 is 1.48 bits per heavy atom. The van der Waals surface area contributed by atoms with Gasteiger partial charge in [0.05, 0.1) is 0 Å². The summed E-state index contributed by atoms with van der Waals surface area (Å²) in [5.41, 5.74) is 2.83. The smallest absolute Gasteiger partial charge is 0.0150 e. The molecular formula is C20H27N. The lowest BCUT2D eigenvalue weighted by atomic mass is 9.97. The molecule has 0 aliphatic carbocycles. The molecule has 21 heavy (non-hydrogen) atoms. The third-order valence-electron chi connectivity index (χ3n) is 4.11. The van der Waals surface area contributed by atoms with Gasteiger partial charge >= 0.3 is 0 Å². The van der Waals surface area contributed by atoms with Gasteiger partial charge in [0.15, 0.2) is 0 Å². The zero-order chi connectivity index (χ0) is 14.9. The van der Waals surface area contributed by atoms with Crippen LogP contribution < -0.4 is 5.32 Å². The van der Waals surface area contributed by atoms with Gasteiger partial charge in [-0.25, -0.2) is 0 Å². The summed E-state index contributed by atoms with van der Waals surface area (Å²) in [5.74, 6) is 0. The van der Waals surface area contributed by atoms with Crippen LogP contribution in [0.2, 0.25) is 0 Å². The summed E-state index contributed by atoms with van der Waals surface area (Å²) in [6, 6.07) is 22.7. The van der Waals surface area contributed by atoms with Crippen LogP contribution in [0.5, 0.6) is 0 Å². The maximum absolute atomic E-state index is 3.85. The van der Waals surface area contributed by atoms with Crippen LogP contribution in [-0.2, 0) is 12.8 Å². The maximum atomic E-state index is 3.85. The number of benzene rings is 2. The summed E-state index contributed by atoms with van der Waals surface area (Å²) in [5, 5.41) is 3.85. The van der Waals surface area contributed by atoms with Crippen molar-refractivity contribution in [3.8, 4) is 0 Å². The van der Waals surface area contributed by atoms with E-state index in [2.05, 4.69) is 79.8 Å². The number of rotatable bonds is 8. The van der Waals surface area contributed by atoms with E-state index in [4.69, 9.17) is 0 Å². The van der Waals surface area contributed by atoms with Gasteiger partial charge in [-0.3, -0.25) is 0 Å². The lowest BCUT2D eigenvalue weighted by Crippen LogP contribution is -2.40. The molecule has 1 nitrogen and oxygen atoms in total. The third-order valence-corrected chi connectivity index (χ3v) is 4.11. The van der Waals surface area contributed by atoms with Gasteiger partial charge in [-0.2, -0.15) is 0 Å². The first-order chi connectivity index (χ1) is 10.3. The van der Waals surface area contributed by atoms with Gasteiger partial charge in [0.1, 0.15) is 0 Å². The fourth-order valence-corrected chi connectivity index (χ4v) is 2.84. The van der Waals surface area contributed by atoms with Crippen LogP contribution in [0, 0.1) is 0 Å². The van der Waals surface area contributed by atoms with E-state index in [1.807, 2.05) is 0 Å². The molecule has 0 saturated carbocycles. The van der Waals surface area contributed by atoms with Crippen molar-refractivity contribution in [1.82, 2.24) is 5.32 Å². The summed E-state index contributed by atoms with van der Waals surface area (Å²) in [6.07, 6.45) is 4.56. The normalized spacial score (nSPS) is 11.2. The molecule has 0 radical (unpaired) electrons. The molecule has 0 saturated heterocycles. The molecule has 2 rings (SSSR count). The van der Waals surface area contributed by atoms with Crippen LogP contribution in [0.25, 0.3) is 0 Å². The van der Waals surface area contributed by atoms with Crippen molar-refractivity contribution in [1.29, 1.82) is 0 Å². The standard InChI is InChI=1S/C20H27N/c1-3-19(4-2)21-20(15-17-11-7-5-8-12-17)16-18-13-9-6-10-14-18/h5-14,19-21H,3-4,15-16H2,1-2H3. The molecule has 0 spiro atoms. The minimum atomic E-state index is 0.500. The third kappa shape index (κ3) is 5.35. The highest BCUT2D eigenvalue weighted by atomic mass is 14.9. The Kier molecular flexibility index (Phi) is 6.49. The molecule has 0 aliphatic heterocycles. The molecular weight excluding hydrogens is 254 g/mol. The summed E-state index contributed by atoms with van der Waals surface area (Å²) < 4.78 is 0. The average molecular weight is 281 g/mol. The van der Waals surface area contributed by atoms with Crippen molar-refractivity contribution in [2.75, 3.05) is 0 Å². The summed E-state index contributed by atoms with van der Waals surface area (Å²) in [6.45, 7) is 4.53. The first-order valence-electron chi connectivity index (χ1n) is 8.15. The first-order valence-corrected chi connectivity index (χ1v) is 8.15. The molecule has 0 bridgehead atoms. The number of hydrogen-bond donors (Lipinski definition) is 1. The van der Waals surface area contributed by atoms with Gasteiger partial charge in [-0.05, 0) is 36.8 Å². The highest BCUT2D eigenvalue weighted by Crippen LogP contribution is 2.11. The van der Waals surface area contributed by atoms with Gasteiger partial charge < -0.3 is 5.32 Å². The quantitative estimate of drug-likeness (QED) is 0.744. The lowest BCUT2D eigenvalue weighted by Gasteiger charge is -2.25. The van der Waals surface area contributed by atoms with E-state index >= 15 is 0 Å². The molecule has 0 atom stereocenters. The minimum Gasteiger partial charge on any atom is -0.311 e. The van der Waals surface area contributed by atoms with Crippen molar-refractivity contribution in [3.05, 3.63) is 71.8 Å². The van der Waals surface area contributed by atoms with Gasteiger partial charge in [-0.1, -0.05) is 74.5 Å². The molecule has 2 aromatic carbocycles. The fraction of sp³-hybridized carbons (Fsp3) is 0.400. The molecule has 1 heteroatoms. The van der Waals surface area contributed by atoms with Crippen LogP contribution in [0.4, 0.5) is 0 Å². The van der Waals surface area contributed by atoms with Crippen LogP contribution >= 0.6 is 0 Å². The van der Waals surface area contributed by atoms with Crippen molar-refractivity contribution in [2.24, 2.45) is 0 Å². The van der Waals surface area contributed by atoms with E-state index in [1.165, 1.54) is 24.0 Å². The van der Waals surface area contributed by atoms with Crippen LogP contribution in [0.3, 0.4) is 0 Å². The van der Waals surface area contributed by atoms with Gasteiger partial charge in [0.2, 0.25) is 0 Å². The molecule has 0 unspecified atom stereocenters. The highest BCUT2D eigenvalue weighted by molar-refractivity contribution is 5.19. The topological polar surface area (TPSA) is 12.0 Å². The van der Waals surface area contributed by atoms with Gasteiger partial charge in [-0.15, -0.1) is 0 Å². The first kappa shape index (κ1) is 15.8. The number of hydrogen-bond acceptors (Lipinski definition) is 1. The molecule has 0 heterocycles. The van der Waals surface area contributed by atoms with Crippen LogP contribution in [-0.4, -0.2) is 12.1 Å². The second-order valence-corrected chi connectivity index (χ2v) is 5.76. The predicted octanol–water partition coefficient (Wildman–Crippen LogP) is 4.62. The Bertz CT molecular complexity index is 446. The Labute approximate surface area is 129 Å². The van der Waals surface area contributed by atoms with Crippen LogP contribution in [0.1, 0.15) is 37.8 Å². The SMILES string of the molecule is CCC(CC)NC(Cc1ccccc1)Cc1ccccc1. The van der Waals surface area contributed by atoms with E-state index in [0.717, 1.165) is 12.8 Å². The molecule has 0 aliphatic rings. The number of nitrogens with one attached hydrogen (secondary N) is 1. The molecule has 1 N–H and O–H groups in total. The zero-order valence-corrected chi connectivity index (χ0v) is 13.3. The average Bonchev–Trinajstić information content (AvgIpc) is 2.54. The summed E-state index contributed by atoms with van der Waals surface area (Å²) in [4.78, 5) is 0. The molecule has 112 valence electrons. The Balaban J connectivity index is 2.06. The van der Waals surface area contributed by atoms with Crippen LogP contribution in [0.15, 0.2) is 60.7 Å². The van der Waals surface area contributed by atoms with Gasteiger partial charge in [0, 0.05) is 12.1 Å². The lowest BCUT2D eigenvalue weighted by molar-refractivity contribution is 0.402. The summed E-state index contributed by atoms with van der Waals surface area (Å²) >= 11 is 0. The highest BCUT2D eigenvalue weighted by Gasteiger charge is 2.14. The van der Waals surface area contributed by atoms with Crippen molar-refractivity contribution < 1.29 is 0 Å². The molecule has 0 amide bonds. The molecule has 0 fully saturated rings. The van der Waals surface area contributed by atoms with Crippen molar-refractivity contribution in [3.63, 3.8) is 0 Å². The fourth-order valence-electron chi connectivity index (χ4n) is 2.84. The Hall–Kier alpha value is -1.60. The second kappa shape index (κ2) is 8.63. The van der Waals surface area contributed by atoms with Gasteiger partial charge in [0.25, 0.3) is 0 Å². The monoisotopic (exact) mass is 281 g/mol. The summed E-state index contributed by atoms with van der Waals surface area (Å²) in [7, 11) is 0. The van der Waals surface area contributed by atoms with E-state index in [9.17, 15) is 0 Å². The largest absolute Gasteiger partial charge is 0.311 e. The van der Waals surface area contributed by atoms with Crippen molar-refractivity contribution >= 4 is 0 Å². The molecule has 0 aromatic heterocycles. The van der Waals surface area contributed by atoms with E-state index in [-0.39, 0.29) is 0 Å². The second-order valence-electron chi connectivity index (χ2n) is 5.76. The van der Waals surface area contributed by atoms with E-state index in [1.54, 1.807) is 0 Å². The maximum Gasteiger partial charge on any atom is 0.0150 e. The van der Waals surface area contributed by atoms with E-state index in [0.29, 0.717) is 12.1 Å².